The number of amides is 1. The second-order valence-electron chi connectivity index (χ2n) is 9.92. The predicted octanol–water partition coefficient (Wildman–Crippen LogP) is 6.08. The van der Waals surface area contributed by atoms with Crippen LogP contribution < -0.4 is 10.6 Å². The monoisotopic (exact) mass is 568 g/mol. The number of aromatic nitrogens is 4. The van der Waals surface area contributed by atoms with Gasteiger partial charge in [0, 0.05) is 66.6 Å². The first-order valence-electron chi connectivity index (χ1n) is 12.9. The van der Waals surface area contributed by atoms with Gasteiger partial charge in [0.05, 0.1) is 5.56 Å². The minimum atomic E-state index is -4.65. The Morgan fingerprint density at radius 1 is 0.951 bits per heavy atom. The Balaban J connectivity index is 1.45. The molecule has 0 bridgehead atoms. The van der Waals surface area contributed by atoms with Gasteiger partial charge in [0.15, 0.2) is 5.82 Å². The maximum absolute atomic E-state index is 14.2. The van der Waals surface area contributed by atoms with Crippen molar-refractivity contribution in [2.45, 2.75) is 43.8 Å². The first-order valence-corrected chi connectivity index (χ1v) is 12.9. The molecule has 212 valence electrons. The minimum Gasteiger partial charge on any atom is -0.366 e. The quantitative estimate of drug-likeness (QED) is 0.250. The van der Waals surface area contributed by atoms with Gasteiger partial charge in [-0.05, 0) is 36.6 Å². The number of rotatable bonds is 8. The molecular formula is C29H25F5N6O. The molecule has 1 amide bonds. The van der Waals surface area contributed by atoms with Gasteiger partial charge in [-0.25, -0.2) is 18.7 Å². The minimum absolute atomic E-state index is 0.0594. The van der Waals surface area contributed by atoms with E-state index in [2.05, 4.69) is 30.6 Å². The second kappa shape index (κ2) is 11.6. The van der Waals surface area contributed by atoms with E-state index in [0.29, 0.717) is 12.7 Å². The molecule has 0 spiro atoms. The van der Waals surface area contributed by atoms with Crippen LogP contribution in [0, 0.1) is 11.6 Å². The van der Waals surface area contributed by atoms with E-state index in [0.717, 1.165) is 55.6 Å². The Labute approximate surface area is 232 Å². The van der Waals surface area contributed by atoms with Crippen LogP contribution in [-0.2, 0) is 18.1 Å². The van der Waals surface area contributed by atoms with Crippen LogP contribution >= 0.6 is 0 Å². The molecule has 0 aliphatic heterocycles. The summed E-state index contributed by atoms with van der Waals surface area (Å²) in [6.07, 6.45) is 4.38. The van der Waals surface area contributed by atoms with Gasteiger partial charge < -0.3 is 10.6 Å². The van der Waals surface area contributed by atoms with Crippen LogP contribution in [0.5, 0.6) is 0 Å². The summed E-state index contributed by atoms with van der Waals surface area (Å²) in [5.74, 6) is -2.20. The zero-order valence-electron chi connectivity index (χ0n) is 21.7. The maximum atomic E-state index is 14.2. The fraction of sp³-hybridized carbons (Fsp3) is 0.276. The zero-order chi connectivity index (χ0) is 29.0. The standard InChI is InChI=1S/C29H25F5N6O/c30-22-6-5-18(23(31)11-22)14-37-25-12-24(39-26(40-25)19-10-21(16-36-13-19)29(32,33)34)27(41)38-17-28(7-1-2-8-28)20-4-3-9-35-15-20/h3-6,9-13,15-16H,1-2,7-8,14,17H2,(H,38,41)(H,37,39,40). The van der Waals surface area contributed by atoms with Crippen molar-refractivity contribution >= 4 is 11.7 Å². The molecule has 1 aliphatic carbocycles. The van der Waals surface area contributed by atoms with Crippen LogP contribution in [0.4, 0.5) is 27.8 Å². The number of alkyl halides is 3. The lowest BCUT2D eigenvalue weighted by molar-refractivity contribution is -0.137. The molecular weight excluding hydrogens is 543 g/mol. The summed E-state index contributed by atoms with van der Waals surface area (Å²) in [7, 11) is 0. The molecule has 0 radical (unpaired) electrons. The molecule has 1 aromatic carbocycles. The Morgan fingerprint density at radius 2 is 1.76 bits per heavy atom. The molecule has 4 aromatic rings. The molecule has 1 aliphatic rings. The number of halogens is 5. The Bertz CT molecular complexity index is 1540. The molecule has 1 saturated carbocycles. The third-order valence-corrected chi connectivity index (χ3v) is 7.18. The number of carbonyl (C=O) groups is 1. The van der Waals surface area contributed by atoms with Gasteiger partial charge in [0.25, 0.3) is 5.91 Å². The first kappa shape index (κ1) is 28.1. The number of nitrogens with zero attached hydrogens (tertiary/aromatic N) is 4. The van der Waals surface area contributed by atoms with Crippen molar-refractivity contribution in [3.8, 4) is 11.4 Å². The van der Waals surface area contributed by atoms with E-state index in [-0.39, 0.29) is 40.4 Å². The normalized spacial score (nSPS) is 14.6. The highest BCUT2D eigenvalue weighted by molar-refractivity contribution is 5.93. The van der Waals surface area contributed by atoms with Gasteiger partial charge in [-0.3, -0.25) is 14.8 Å². The van der Waals surface area contributed by atoms with E-state index in [1.165, 1.54) is 12.1 Å². The lowest BCUT2D eigenvalue weighted by Gasteiger charge is -2.29. The fourth-order valence-electron chi connectivity index (χ4n) is 4.99. The van der Waals surface area contributed by atoms with Crippen molar-refractivity contribution in [3.05, 3.63) is 101 Å². The number of pyridine rings is 2. The molecule has 41 heavy (non-hydrogen) atoms. The third kappa shape index (κ3) is 6.47. The van der Waals surface area contributed by atoms with Crippen LogP contribution in [0.2, 0.25) is 0 Å². The molecule has 0 saturated heterocycles. The van der Waals surface area contributed by atoms with Gasteiger partial charge in [-0.2, -0.15) is 13.2 Å². The van der Waals surface area contributed by atoms with Crippen molar-refractivity contribution in [3.63, 3.8) is 0 Å². The fourth-order valence-corrected chi connectivity index (χ4v) is 4.99. The van der Waals surface area contributed by atoms with Crippen molar-refractivity contribution < 1.29 is 26.7 Å². The molecule has 5 rings (SSSR count). The van der Waals surface area contributed by atoms with E-state index in [1.807, 2.05) is 12.1 Å². The summed E-state index contributed by atoms with van der Waals surface area (Å²) in [5, 5.41) is 5.79. The SMILES string of the molecule is O=C(NCC1(c2cccnc2)CCCC1)c1cc(NCc2ccc(F)cc2F)nc(-c2cncc(C(F)(F)F)c2)n1. The molecule has 3 heterocycles. The number of nitrogens with one attached hydrogen (secondary N) is 2. The van der Waals surface area contributed by atoms with E-state index in [1.54, 1.807) is 12.4 Å². The smallest absolute Gasteiger partial charge is 0.366 e. The lowest BCUT2D eigenvalue weighted by Crippen LogP contribution is -2.39. The van der Waals surface area contributed by atoms with Crippen molar-refractivity contribution in [2.75, 3.05) is 11.9 Å². The lowest BCUT2D eigenvalue weighted by atomic mass is 9.79. The molecule has 12 heteroatoms. The van der Waals surface area contributed by atoms with Crippen LogP contribution in [-0.4, -0.2) is 32.4 Å². The summed E-state index contributed by atoms with van der Waals surface area (Å²) in [6, 6.07) is 9.07. The number of anilines is 1. The Hall–Kier alpha value is -4.48. The summed E-state index contributed by atoms with van der Waals surface area (Å²) in [6.45, 7) is 0.181. The summed E-state index contributed by atoms with van der Waals surface area (Å²) in [4.78, 5) is 29.7. The van der Waals surface area contributed by atoms with Crippen LogP contribution in [0.3, 0.4) is 0 Å². The molecule has 0 atom stereocenters. The molecule has 3 aromatic heterocycles. The molecule has 7 nitrogen and oxygen atoms in total. The van der Waals surface area contributed by atoms with E-state index in [9.17, 15) is 26.7 Å². The van der Waals surface area contributed by atoms with Crippen LogP contribution in [0.15, 0.2) is 67.3 Å². The number of benzene rings is 1. The van der Waals surface area contributed by atoms with Gasteiger partial charge in [-0.15, -0.1) is 0 Å². The van der Waals surface area contributed by atoms with Gasteiger partial charge >= 0.3 is 6.18 Å². The highest BCUT2D eigenvalue weighted by Gasteiger charge is 2.36. The highest BCUT2D eigenvalue weighted by atomic mass is 19.4. The number of hydrogen-bond acceptors (Lipinski definition) is 6. The first-order chi connectivity index (χ1) is 19.6. The Kier molecular flexibility index (Phi) is 7.91. The van der Waals surface area contributed by atoms with Crippen molar-refractivity contribution in [1.82, 2.24) is 25.3 Å². The van der Waals surface area contributed by atoms with Crippen LogP contribution in [0.1, 0.15) is 52.9 Å². The topological polar surface area (TPSA) is 92.7 Å². The van der Waals surface area contributed by atoms with Crippen molar-refractivity contribution in [2.24, 2.45) is 0 Å². The highest BCUT2D eigenvalue weighted by Crippen LogP contribution is 2.40. The van der Waals surface area contributed by atoms with Gasteiger partial charge in [0.2, 0.25) is 0 Å². The van der Waals surface area contributed by atoms with Gasteiger partial charge in [-0.1, -0.05) is 25.0 Å². The number of hydrogen-bond donors (Lipinski definition) is 2. The van der Waals surface area contributed by atoms with Gasteiger partial charge in [0.1, 0.15) is 23.1 Å². The summed E-state index contributed by atoms with van der Waals surface area (Å²) < 4.78 is 67.5. The molecule has 0 unspecified atom stereocenters. The third-order valence-electron chi connectivity index (χ3n) is 7.18. The Morgan fingerprint density at radius 3 is 2.46 bits per heavy atom. The average molecular weight is 569 g/mol. The van der Waals surface area contributed by atoms with E-state index in [4.69, 9.17) is 0 Å². The second-order valence-corrected chi connectivity index (χ2v) is 9.92. The number of carbonyl (C=O) groups excluding carboxylic acids is 1. The zero-order valence-corrected chi connectivity index (χ0v) is 21.7. The van der Waals surface area contributed by atoms with E-state index < -0.39 is 29.3 Å². The molecule has 1 fully saturated rings. The molecule has 2 N–H and O–H groups in total. The van der Waals surface area contributed by atoms with Crippen LogP contribution in [0.25, 0.3) is 11.4 Å². The maximum Gasteiger partial charge on any atom is 0.417 e. The summed E-state index contributed by atoms with van der Waals surface area (Å²) >= 11 is 0. The predicted molar refractivity (Wildman–Crippen MR) is 141 cm³/mol. The van der Waals surface area contributed by atoms with E-state index >= 15 is 0 Å². The average Bonchev–Trinajstić information content (AvgIpc) is 3.46. The van der Waals surface area contributed by atoms with Crippen molar-refractivity contribution in [1.29, 1.82) is 0 Å². The largest absolute Gasteiger partial charge is 0.417 e. The summed E-state index contributed by atoms with van der Waals surface area (Å²) in [5.41, 5.74) is -0.331.